The van der Waals surface area contributed by atoms with Gasteiger partial charge in [-0.25, -0.2) is 18.1 Å². The summed E-state index contributed by atoms with van der Waals surface area (Å²) < 4.78 is 22.3. The van der Waals surface area contributed by atoms with E-state index in [-0.39, 0.29) is 18.1 Å². The normalized spacial score (nSPS) is 25.4. The number of sulfone groups is 1. The molecule has 7 nitrogen and oxygen atoms in total. The minimum Gasteiger partial charge on any atom is -0.326 e. The van der Waals surface area contributed by atoms with Crippen molar-refractivity contribution >= 4 is 21.8 Å². The van der Waals surface area contributed by atoms with E-state index in [1.165, 1.54) is 4.90 Å². The molecule has 2 aliphatic heterocycles. The number of carbonyl (C=O) groups excluding carboxylic acids is 2. The maximum Gasteiger partial charge on any atom is 0.325 e. The summed E-state index contributed by atoms with van der Waals surface area (Å²) >= 11 is 0. The number of piperidine rings is 1. The molecule has 0 saturated carbocycles. The summed E-state index contributed by atoms with van der Waals surface area (Å²) in [4.78, 5) is 27.4. The van der Waals surface area contributed by atoms with Crippen LogP contribution in [-0.4, -0.2) is 68.0 Å². The molecule has 8 heteroatoms. The number of nitrogens with zero attached hydrogens (tertiary/aromatic N) is 2. The van der Waals surface area contributed by atoms with Crippen LogP contribution in [0.15, 0.2) is 0 Å². The zero-order valence-corrected chi connectivity index (χ0v) is 13.4. The second kappa shape index (κ2) is 6.31. The number of nitrogens with one attached hydrogen (secondary N) is 1. The highest BCUT2D eigenvalue weighted by molar-refractivity contribution is 7.90. The zero-order chi connectivity index (χ0) is 15.6. The molecule has 2 fully saturated rings. The van der Waals surface area contributed by atoms with Crippen molar-refractivity contribution in [2.24, 2.45) is 5.92 Å². The topological polar surface area (TPSA) is 86.8 Å². The minimum absolute atomic E-state index is 0.0985. The highest BCUT2D eigenvalue weighted by Crippen LogP contribution is 2.18. The summed E-state index contributed by atoms with van der Waals surface area (Å²) in [5.41, 5.74) is 0. The first-order valence-corrected chi connectivity index (χ1v) is 9.34. The first-order valence-electron chi connectivity index (χ1n) is 7.28. The van der Waals surface area contributed by atoms with Gasteiger partial charge in [-0.3, -0.25) is 9.69 Å². The Bertz CT molecular complexity index is 512. The molecular formula is C13H23N3O4S. The molecule has 120 valence electrons. The van der Waals surface area contributed by atoms with Gasteiger partial charge < -0.3 is 5.32 Å². The van der Waals surface area contributed by atoms with E-state index >= 15 is 0 Å². The molecule has 21 heavy (non-hydrogen) atoms. The highest BCUT2D eigenvalue weighted by atomic mass is 32.2. The molecule has 1 atom stereocenters. The smallest absolute Gasteiger partial charge is 0.325 e. The molecule has 0 spiro atoms. The zero-order valence-electron chi connectivity index (χ0n) is 12.5. The van der Waals surface area contributed by atoms with Gasteiger partial charge in [0.2, 0.25) is 0 Å². The van der Waals surface area contributed by atoms with Crippen LogP contribution in [0.4, 0.5) is 4.79 Å². The Hall–Kier alpha value is -1.15. The third-order valence-corrected chi connectivity index (χ3v) is 5.08. The number of urea groups is 1. The van der Waals surface area contributed by atoms with Gasteiger partial charge in [0.15, 0.2) is 0 Å². The first-order chi connectivity index (χ1) is 9.76. The molecule has 0 unspecified atom stereocenters. The number of imide groups is 1. The van der Waals surface area contributed by atoms with Gasteiger partial charge in [-0.2, -0.15) is 0 Å². The van der Waals surface area contributed by atoms with Gasteiger partial charge in [-0.1, -0.05) is 6.92 Å². The van der Waals surface area contributed by atoms with E-state index in [1.807, 2.05) is 0 Å². The second-order valence-electron chi connectivity index (χ2n) is 6.13. The summed E-state index contributed by atoms with van der Waals surface area (Å²) in [5.74, 6) is 0.271. The van der Waals surface area contributed by atoms with Crippen LogP contribution in [0.2, 0.25) is 0 Å². The number of carbonyl (C=O) groups is 2. The van der Waals surface area contributed by atoms with Gasteiger partial charge in [-0.05, 0) is 25.2 Å². The standard InChI is InChI=1S/C13H23N3O4S/c1-10-3-6-15(7-4-10)9-16-12(17)11(14-13(16)18)5-8-21(2,19)20/h10-11H,3-9H2,1-2H3,(H,14,18)/t11-/m1/s1. The lowest BCUT2D eigenvalue weighted by atomic mass is 10.00. The van der Waals surface area contributed by atoms with E-state index in [0.717, 1.165) is 32.2 Å². The summed E-state index contributed by atoms with van der Waals surface area (Å²) in [5, 5.41) is 2.57. The fourth-order valence-corrected chi connectivity index (χ4v) is 3.31. The summed E-state index contributed by atoms with van der Waals surface area (Å²) in [6.45, 7) is 4.26. The van der Waals surface area contributed by atoms with Gasteiger partial charge in [0.1, 0.15) is 15.9 Å². The van der Waals surface area contributed by atoms with Crippen molar-refractivity contribution in [2.45, 2.75) is 32.2 Å². The largest absolute Gasteiger partial charge is 0.326 e. The van der Waals surface area contributed by atoms with Gasteiger partial charge >= 0.3 is 6.03 Å². The molecule has 0 aromatic rings. The molecule has 0 radical (unpaired) electrons. The molecule has 2 rings (SSSR count). The van der Waals surface area contributed by atoms with Crippen molar-refractivity contribution < 1.29 is 18.0 Å². The van der Waals surface area contributed by atoms with Crippen LogP contribution in [0.25, 0.3) is 0 Å². The Balaban J connectivity index is 1.89. The van der Waals surface area contributed by atoms with Gasteiger partial charge in [0.05, 0.1) is 12.4 Å². The second-order valence-corrected chi connectivity index (χ2v) is 8.39. The predicted molar refractivity (Wildman–Crippen MR) is 78.3 cm³/mol. The number of rotatable bonds is 5. The maximum absolute atomic E-state index is 12.2. The van der Waals surface area contributed by atoms with E-state index in [1.54, 1.807) is 0 Å². The molecule has 3 amide bonds. The van der Waals surface area contributed by atoms with Crippen molar-refractivity contribution in [3.8, 4) is 0 Å². The molecule has 1 N–H and O–H groups in total. The van der Waals surface area contributed by atoms with Crippen LogP contribution in [0.5, 0.6) is 0 Å². The van der Waals surface area contributed by atoms with E-state index in [4.69, 9.17) is 0 Å². The molecule has 0 aromatic carbocycles. The summed E-state index contributed by atoms with van der Waals surface area (Å²) in [6.07, 6.45) is 3.40. The number of likely N-dealkylation sites (tertiary alicyclic amines) is 1. The molecule has 2 heterocycles. The monoisotopic (exact) mass is 317 g/mol. The lowest BCUT2D eigenvalue weighted by Gasteiger charge is -2.32. The molecule has 2 saturated heterocycles. The highest BCUT2D eigenvalue weighted by Gasteiger charge is 2.39. The average molecular weight is 317 g/mol. The van der Waals surface area contributed by atoms with Crippen LogP contribution >= 0.6 is 0 Å². The minimum atomic E-state index is -3.14. The fourth-order valence-electron chi connectivity index (χ4n) is 2.64. The lowest BCUT2D eigenvalue weighted by molar-refractivity contribution is -0.129. The van der Waals surface area contributed by atoms with Crippen LogP contribution in [-0.2, 0) is 14.6 Å². The van der Waals surface area contributed by atoms with E-state index in [2.05, 4.69) is 17.1 Å². The number of hydrogen-bond donors (Lipinski definition) is 1. The van der Waals surface area contributed by atoms with Crippen molar-refractivity contribution in [3.63, 3.8) is 0 Å². The Kier molecular flexibility index (Phi) is 4.88. The van der Waals surface area contributed by atoms with E-state index in [9.17, 15) is 18.0 Å². The molecule has 2 aliphatic rings. The summed E-state index contributed by atoms with van der Waals surface area (Å²) in [7, 11) is -3.14. The Labute approximate surface area is 125 Å². The van der Waals surface area contributed by atoms with Crippen molar-refractivity contribution in [1.82, 2.24) is 15.1 Å². The van der Waals surface area contributed by atoms with Gasteiger partial charge in [0, 0.05) is 19.3 Å². The molecule has 0 aromatic heterocycles. The Morgan fingerprint density at radius 3 is 2.43 bits per heavy atom. The lowest BCUT2D eigenvalue weighted by Crippen LogP contribution is -2.45. The van der Waals surface area contributed by atoms with Gasteiger partial charge in [-0.15, -0.1) is 0 Å². The average Bonchev–Trinajstić information content (AvgIpc) is 2.66. The predicted octanol–water partition coefficient (Wildman–Crippen LogP) is 0.0309. The van der Waals surface area contributed by atoms with Crippen LogP contribution in [0.3, 0.4) is 0 Å². The fraction of sp³-hybridized carbons (Fsp3) is 0.846. The third kappa shape index (κ3) is 4.41. The maximum atomic E-state index is 12.2. The first kappa shape index (κ1) is 16.2. The molecule has 0 aliphatic carbocycles. The van der Waals surface area contributed by atoms with E-state index < -0.39 is 21.9 Å². The SMILES string of the molecule is CC1CCN(CN2C(=O)N[C@H](CCS(C)(=O)=O)C2=O)CC1. The van der Waals surface area contributed by atoms with Crippen molar-refractivity contribution in [3.05, 3.63) is 0 Å². The molecular weight excluding hydrogens is 294 g/mol. The van der Waals surface area contributed by atoms with Crippen molar-refractivity contribution in [2.75, 3.05) is 31.8 Å². The Morgan fingerprint density at radius 2 is 1.86 bits per heavy atom. The van der Waals surface area contributed by atoms with Crippen molar-refractivity contribution in [1.29, 1.82) is 0 Å². The van der Waals surface area contributed by atoms with Crippen LogP contribution in [0, 0.1) is 5.92 Å². The van der Waals surface area contributed by atoms with E-state index in [0.29, 0.717) is 12.6 Å². The third-order valence-electron chi connectivity index (χ3n) is 4.10. The number of hydrogen-bond acceptors (Lipinski definition) is 5. The number of amides is 3. The van der Waals surface area contributed by atoms with Gasteiger partial charge in [0.25, 0.3) is 5.91 Å². The quantitative estimate of drug-likeness (QED) is 0.723. The Morgan fingerprint density at radius 1 is 1.24 bits per heavy atom. The molecule has 0 bridgehead atoms. The summed E-state index contributed by atoms with van der Waals surface area (Å²) in [6, 6.07) is -1.13. The van der Waals surface area contributed by atoms with Crippen LogP contribution < -0.4 is 5.32 Å². The van der Waals surface area contributed by atoms with Crippen LogP contribution in [0.1, 0.15) is 26.2 Å².